The van der Waals surface area contributed by atoms with Crippen molar-refractivity contribution in [3.8, 4) is 28.4 Å². The lowest BCUT2D eigenvalue weighted by Gasteiger charge is -2.27. The molecule has 11 nitrogen and oxygen atoms in total. The number of fused-ring (bicyclic) bond motifs is 1. The zero-order valence-electron chi connectivity index (χ0n) is 37.0. The van der Waals surface area contributed by atoms with Gasteiger partial charge in [0.2, 0.25) is 11.0 Å². The Bertz CT molecular complexity index is 2170. The van der Waals surface area contributed by atoms with Crippen LogP contribution >= 0.6 is 11.3 Å². The van der Waals surface area contributed by atoms with E-state index in [1.54, 1.807) is 23.5 Å². The summed E-state index contributed by atoms with van der Waals surface area (Å²) in [6.07, 6.45) is 12.7. The van der Waals surface area contributed by atoms with E-state index in [9.17, 15) is 4.79 Å². The number of unbranched alkanes of at least 4 members (excludes halogenated alkanes) is 3. The average Bonchev–Trinajstić information content (AvgIpc) is 3.75. The smallest absolute Gasteiger partial charge is 0.314 e. The van der Waals surface area contributed by atoms with Crippen molar-refractivity contribution in [2.75, 3.05) is 58.1 Å². The fourth-order valence-electron chi connectivity index (χ4n) is 7.54. The first-order chi connectivity index (χ1) is 30.9. The Morgan fingerprint density at radius 3 is 2.38 bits per heavy atom. The lowest BCUT2D eigenvalue weighted by Crippen LogP contribution is -2.32. The molecule has 1 aliphatic carbocycles. The van der Waals surface area contributed by atoms with Crippen LogP contribution in [0.25, 0.3) is 21.3 Å². The first kappa shape index (κ1) is 46.9. The number of para-hydroxylation sites is 1. The summed E-state index contributed by atoms with van der Waals surface area (Å²) in [7, 11) is 1.96. The third-order valence-corrected chi connectivity index (χ3v) is 12.2. The van der Waals surface area contributed by atoms with Crippen LogP contribution in [-0.2, 0) is 16.0 Å². The predicted octanol–water partition coefficient (Wildman–Crippen LogP) is 10.5. The molecule has 1 saturated carbocycles. The van der Waals surface area contributed by atoms with E-state index in [1.165, 1.54) is 11.6 Å². The number of nitrogens with one attached hydrogen (secondary N) is 3. The molecule has 334 valence electrons. The number of aryl methyl sites for hydroxylation is 1. The van der Waals surface area contributed by atoms with Gasteiger partial charge in [-0.15, -0.1) is 0 Å². The number of anilines is 1. The highest BCUT2D eigenvalue weighted by atomic mass is 32.1. The van der Waals surface area contributed by atoms with Gasteiger partial charge in [-0.1, -0.05) is 73.7 Å². The third-order valence-electron chi connectivity index (χ3n) is 11.2. The van der Waals surface area contributed by atoms with Gasteiger partial charge in [0.1, 0.15) is 17.2 Å². The monoisotopic (exact) mass is 872 g/mol. The number of nitrogens with zero attached hydrogens (tertiary/aromatic N) is 3. The summed E-state index contributed by atoms with van der Waals surface area (Å²) in [6, 6.07) is 30.6. The number of hydrogen-bond acceptors (Lipinski definition) is 12. The lowest BCUT2D eigenvalue weighted by atomic mass is 9.82. The number of rotatable bonds is 26. The van der Waals surface area contributed by atoms with Crippen LogP contribution in [0.4, 0.5) is 5.13 Å². The Labute approximate surface area is 377 Å². The molecule has 1 aromatic heterocycles. The minimum Gasteiger partial charge on any atom is -0.494 e. The van der Waals surface area contributed by atoms with Crippen molar-refractivity contribution >= 4 is 44.8 Å². The molecule has 0 bridgehead atoms. The highest BCUT2D eigenvalue weighted by Crippen LogP contribution is 2.33. The van der Waals surface area contributed by atoms with E-state index in [0.717, 1.165) is 127 Å². The van der Waals surface area contributed by atoms with Crippen LogP contribution in [0.1, 0.15) is 75.8 Å². The molecule has 0 saturated heterocycles. The number of carbonyl (C=O) groups is 1. The fraction of sp³-hybridized carbons (Fsp3) is 0.412. The van der Waals surface area contributed by atoms with Gasteiger partial charge in [-0.2, -0.15) is 5.10 Å². The van der Waals surface area contributed by atoms with E-state index < -0.39 is 0 Å². The average molecular weight is 873 g/mol. The van der Waals surface area contributed by atoms with Crippen molar-refractivity contribution in [1.29, 1.82) is 5.41 Å². The molecular formula is C51H64N6O5S. The summed E-state index contributed by atoms with van der Waals surface area (Å²) in [5.74, 6) is 2.24. The van der Waals surface area contributed by atoms with Gasteiger partial charge < -0.3 is 29.6 Å². The second-order valence-corrected chi connectivity index (χ2v) is 17.0. The number of aromatic nitrogens is 1. The minimum atomic E-state index is -0.175. The van der Waals surface area contributed by atoms with E-state index in [4.69, 9.17) is 34.4 Å². The van der Waals surface area contributed by atoms with E-state index in [-0.39, 0.29) is 17.8 Å². The molecule has 1 heterocycles. The van der Waals surface area contributed by atoms with Crippen molar-refractivity contribution < 1.29 is 23.7 Å². The van der Waals surface area contributed by atoms with Crippen LogP contribution in [0.3, 0.4) is 0 Å². The van der Waals surface area contributed by atoms with Crippen LogP contribution in [-0.4, -0.2) is 76.1 Å². The molecule has 63 heavy (non-hydrogen) atoms. The maximum Gasteiger partial charge on any atom is 0.314 e. The van der Waals surface area contributed by atoms with Crippen LogP contribution in [0.5, 0.6) is 17.2 Å². The summed E-state index contributed by atoms with van der Waals surface area (Å²) < 4.78 is 24.5. The third kappa shape index (κ3) is 15.0. The first-order valence-electron chi connectivity index (χ1n) is 22.6. The molecule has 0 spiro atoms. The topological polar surface area (TPSA) is 130 Å². The molecule has 0 aliphatic heterocycles. The standard InChI is InChI=1S/C51H64N6O5S/c1-4-12-38-15-19-40(20-16-38)46-28-27-45(35-42(46)36-55-57(32-31-54-30-29-53-3)51-56-47-13-8-9-14-48(47)63-51)61-37-39-17-21-41(22-18-39)50(58)62-44-25-23-43(24-26-44)59-33-10-6-7-11-34-60-49(52)5-2/h5,8-9,13-16,19-20,23-28,35-36,39,41,52-54H,2,4,6-7,10-12,17-18,21-22,29-34,37H2,1,3H3/b52-49?,55-36+. The number of benzene rings is 4. The minimum absolute atomic E-state index is 0.117. The van der Waals surface area contributed by atoms with E-state index in [2.05, 4.69) is 72.7 Å². The van der Waals surface area contributed by atoms with Crippen molar-refractivity contribution in [2.24, 2.45) is 16.9 Å². The van der Waals surface area contributed by atoms with Crippen molar-refractivity contribution in [3.05, 3.63) is 115 Å². The van der Waals surface area contributed by atoms with Crippen LogP contribution in [0, 0.1) is 17.2 Å². The highest BCUT2D eigenvalue weighted by molar-refractivity contribution is 7.22. The molecule has 0 atom stereocenters. The number of hydrogen-bond donors (Lipinski definition) is 3. The van der Waals surface area contributed by atoms with Gasteiger partial charge >= 0.3 is 5.97 Å². The highest BCUT2D eigenvalue weighted by Gasteiger charge is 2.28. The molecule has 6 rings (SSSR count). The molecule has 4 aromatic carbocycles. The number of hydrazone groups is 1. The lowest BCUT2D eigenvalue weighted by molar-refractivity contribution is -0.140. The Balaban J connectivity index is 1.02. The molecule has 12 heteroatoms. The number of ether oxygens (including phenoxy) is 4. The number of carbonyl (C=O) groups excluding carboxylic acids is 1. The molecule has 5 aromatic rings. The normalized spacial score (nSPS) is 15.0. The predicted molar refractivity (Wildman–Crippen MR) is 258 cm³/mol. The molecule has 0 radical (unpaired) electrons. The van der Waals surface area contributed by atoms with Gasteiger partial charge in [-0.25, -0.2) is 9.99 Å². The van der Waals surface area contributed by atoms with Crippen LogP contribution in [0.2, 0.25) is 0 Å². The van der Waals surface area contributed by atoms with E-state index >= 15 is 0 Å². The number of likely N-dealkylation sites (N-methyl/N-ethyl adjacent to an activating group) is 1. The molecular weight excluding hydrogens is 809 g/mol. The largest absolute Gasteiger partial charge is 0.494 e. The SMILES string of the molecule is C=CC(=N)OCCCCCCOc1ccc(OC(=O)C2CCC(COc3ccc(-c4ccc(CCC)cc4)c(/C=N/N(CCNCCNC)c4nc5ccccc5s4)c3)CC2)cc1. The summed E-state index contributed by atoms with van der Waals surface area (Å²) in [6.45, 7) is 10.6. The fourth-order valence-corrected chi connectivity index (χ4v) is 8.49. The van der Waals surface area contributed by atoms with Crippen molar-refractivity contribution in [3.63, 3.8) is 0 Å². The van der Waals surface area contributed by atoms with Crippen LogP contribution < -0.4 is 29.9 Å². The van der Waals surface area contributed by atoms with E-state index in [0.29, 0.717) is 38.0 Å². The molecule has 1 aliphatic rings. The Morgan fingerprint density at radius 2 is 1.63 bits per heavy atom. The maximum absolute atomic E-state index is 13.2. The Hall–Kier alpha value is -5.56. The van der Waals surface area contributed by atoms with Gasteiger partial charge in [0, 0.05) is 25.2 Å². The molecule has 1 fully saturated rings. The van der Waals surface area contributed by atoms with Gasteiger partial charge in [0.05, 0.1) is 48.7 Å². The number of thiazole rings is 1. The summed E-state index contributed by atoms with van der Waals surface area (Å²) in [5, 5.41) is 22.1. The zero-order chi connectivity index (χ0) is 44.1. The van der Waals surface area contributed by atoms with Crippen LogP contribution in [0.15, 0.2) is 109 Å². The zero-order valence-corrected chi connectivity index (χ0v) is 37.8. The van der Waals surface area contributed by atoms with Gasteiger partial charge in [0.25, 0.3) is 0 Å². The van der Waals surface area contributed by atoms with Gasteiger partial charge in [0.15, 0.2) is 0 Å². The first-order valence-corrected chi connectivity index (χ1v) is 23.4. The number of esters is 1. The van der Waals surface area contributed by atoms with Crippen molar-refractivity contribution in [1.82, 2.24) is 15.6 Å². The second kappa shape index (κ2) is 25.5. The molecule has 0 unspecified atom stereocenters. The quantitative estimate of drug-likeness (QED) is 0.0124. The second-order valence-electron chi connectivity index (χ2n) is 16.0. The summed E-state index contributed by atoms with van der Waals surface area (Å²) in [5.41, 5.74) is 5.49. The van der Waals surface area contributed by atoms with Gasteiger partial charge in [-0.05, 0) is 142 Å². The summed E-state index contributed by atoms with van der Waals surface area (Å²) >= 11 is 1.65. The van der Waals surface area contributed by atoms with Crippen molar-refractivity contribution in [2.45, 2.75) is 71.1 Å². The maximum atomic E-state index is 13.2. The molecule has 3 N–H and O–H groups in total. The van der Waals surface area contributed by atoms with Gasteiger partial charge in [-0.3, -0.25) is 10.2 Å². The summed E-state index contributed by atoms with van der Waals surface area (Å²) in [4.78, 5) is 18.1. The van der Waals surface area contributed by atoms with E-state index in [1.807, 2.05) is 48.6 Å². The molecule has 0 amide bonds. The Kier molecular flexibility index (Phi) is 19.0. The Morgan fingerprint density at radius 1 is 0.889 bits per heavy atom.